The van der Waals surface area contributed by atoms with Crippen molar-refractivity contribution in [3.63, 3.8) is 0 Å². The molecule has 0 radical (unpaired) electrons. The number of halogens is 1. The molecule has 1 saturated carbocycles. The van der Waals surface area contributed by atoms with Crippen LogP contribution in [0.1, 0.15) is 18.4 Å². The van der Waals surface area contributed by atoms with Gasteiger partial charge in [-0.1, -0.05) is 28.1 Å². The van der Waals surface area contributed by atoms with E-state index in [0.717, 1.165) is 22.9 Å². The smallest absolute Gasteiger partial charge is 0.318 e. The van der Waals surface area contributed by atoms with Crippen LogP contribution in [-0.4, -0.2) is 19.0 Å². The van der Waals surface area contributed by atoms with E-state index in [1.54, 1.807) is 31.3 Å². The number of carbonyl (C=O) groups excluding carboxylic acids is 2. The monoisotopic (exact) mass is 387 g/mol. The number of rotatable bonds is 4. The Balaban J connectivity index is 1.70. The number of nitrogens with one attached hydrogen (secondary N) is 3. The van der Waals surface area contributed by atoms with Gasteiger partial charge in [-0.3, -0.25) is 4.79 Å². The maximum absolute atomic E-state index is 12.7. The van der Waals surface area contributed by atoms with Crippen LogP contribution in [0.25, 0.3) is 0 Å². The Labute approximate surface area is 149 Å². The van der Waals surface area contributed by atoms with Crippen LogP contribution in [0.15, 0.2) is 53.0 Å². The molecule has 0 aliphatic heterocycles. The highest BCUT2D eigenvalue weighted by atomic mass is 79.9. The molecule has 2 aromatic carbocycles. The van der Waals surface area contributed by atoms with E-state index in [9.17, 15) is 9.59 Å². The Kier molecular flexibility index (Phi) is 4.57. The van der Waals surface area contributed by atoms with Gasteiger partial charge < -0.3 is 16.0 Å². The lowest BCUT2D eigenvalue weighted by Crippen LogP contribution is -2.27. The summed E-state index contributed by atoms with van der Waals surface area (Å²) in [6.07, 6.45) is 1.71. The fourth-order valence-electron chi connectivity index (χ4n) is 2.64. The highest BCUT2D eigenvalue weighted by Crippen LogP contribution is 2.49. The number of benzene rings is 2. The van der Waals surface area contributed by atoms with Crippen molar-refractivity contribution in [2.45, 2.75) is 18.3 Å². The zero-order valence-electron chi connectivity index (χ0n) is 13.2. The maximum atomic E-state index is 12.7. The molecule has 5 nitrogen and oxygen atoms in total. The number of anilines is 2. The summed E-state index contributed by atoms with van der Waals surface area (Å²) in [5.74, 6) is 0.00705. The summed E-state index contributed by atoms with van der Waals surface area (Å²) in [4.78, 5) is 24.0. The Morgan fingerprint density at radius 2 is 1.62 bits per heavy atom. The molecule has 0 unspecified atom stereocenters. The van der Waals surface area contributed by atoms with Crippen LogP contribution in [-0.2, 0) is 10.2 Å². The summed E-state index contributed by atoms with van der Waals surface area (Å²) in [7, 11) is 1.56. The van der Waals surface area contributed by atoms with E-state index in [-0.39, 0.29) is 11.9 Å². The molecule has 0 heterocycles. The Bertz CT molecular complexity index is 770. The van der Waals surface area contributed by atoms with Gasteiger partial charge in [0, 0.05) is 22.9 Å². The lowest BCUT2D eigenvalue weighted by atomic mass is 9.95. The summed E-state index contributed by atoms with van der Waals surface area (Å²) < 4.78 is 0.976. The first-order valence-electron chi connectivity index (χ1n) is 7.70. The maximum Gasteiger partial charge on any atom is 0.318 e. The molecule has 6 heteroatoms. The zero-order valence-corrected chi connectivity index (χ0v) is 14.8. The molecular formula is C18H18BrN3O2. The van der Waals surface area contributed by atoms with Crippen LogP contribution in [0, 0.1) is 0 Å². The molecule has 1 aliphatic rings. The number of hydrogen-bond acceptors (Lipinski definition) is 2. The molecule has 0 aromatic heterocycles. The Morgan fingerprint density at radius 1 is 1.00 bits per heavy atom. The second kappa shape index (κ2) is 6.65. The summed E-state index contributed by atoms with van der Waals surface area (Å²) in [5.41, 5.74) is 1.99. The first-order valence-corrected chi connectivity index (χ1v) is 8.49. The average Bonchev–Trinajstić information content (AvgIpc) is 3.38. The van der Waals surface area contributed by atoms with Crippen LogP contribution in [0.5, 0.6) is 0 Å². The minimum atomic E-state index is -0.428. The molecule has 1 aliphatic carbocycles. The number of urea groups is 1. The normalized spacial score (nSPS) is 14.6. The van der Waals surface area contributed by atoms with Gasteiger partial charge in [0.1, 0.15) is 0 Å². The van der Waals surface area contributed by atoms with Crippen LogP contribution in [0.2, 0.25) is 0 Å². The fraction of sp³-hybridized carbons (Fsp3) is 0.222. The van der Waals surface area contributed by atoms with E-state index in [4.69, 9.17) is 0 Å². The first kappa shape index (κ1) is 16.5. The fourth-order valence-corrected chi connectivity index (χ4v) is 3.04. The third kappa shape index (κ3) is 3.43. The quantitative estimate of drug-likeness (QED) is 0.744. The van der Waals surface area contributed by atoms with Crippen molar-refractivity contribution in [3.8, 4) is 0 Å². The van der Waals surface area contributed by atoms with Crippen LogP contribution in [0.3, 0.4) is 0 Å². The standard InChI is InChI=1S/C18H18BrN3O2/c1-20-17(24)22-15-7-5-14(6-8-15)21-16(23)18(9-10-18)12-3-2-4-13(19)11-12/h2-8,11H,9-10H2,1H3,(H,21,23)(H2,20,22,24). The number of amides is 3. The van der Waals surface area contributed by atoms with E-state index in [1.807, 2.05) is 24.3 Å². The molecule has 0 spiro atoms. The minimum Gasteiger partial charge on any atom is -0.341 e. The van der Waals surface area contributed by atoms with Crippen molar-refractivity contribution in [1.29, 1.82) is 0 Å². The minimum absolute atomic E-state index is 0.00705. The van der Waals surface area contributed by atoms with Gasteiger partial charge in [0.05, 0.1) is 5.41 Å². The van der Waals surface area contributed by atoms with E-state index in [2.05, 4.69) is 31.9 Å². The van der Waals surface area contributed by atoms with Gasteiger partial charge in [-0.2, -0.15) is 0 Å². The van der Waals surface area contributed by atoms with E-state index < -0.39 is 5.41 Å². The summed E-state index contributed by atoms with van der Waals surface area (Å²) in [5, 5.41) is 8.14. The third-order valence-electron chi connectivity index (χ3n) is 4.19. The van der Waals surface area contributed by atoms with Gasteiger partial charge in [0.2, 0.25) is 5.91 Å². The Hall–Kier alpha value is -2.34. The second-order valence-corrected chi connectivity index (χ2v) is 6.74. The molecule has 3 N–H and O–H groups in total. The molecule has 3 amide bonds. The van der Waals surface area contributed by atoms with E-state index in [1.165, 1.54) is 0 Å². The van der Waals surface area contributed by atoms with Gasteiger partial charge >= 0.3 is 6.03 Å². The van der Waals surface area contributed by atoms with E-state index >= 15 is 0 Å². The summed E-state index contributed by atoms with van der Waals surface area (Å²) in [6.45, 7) is 0. The van der Waals surface area contributed by atoms with Crippen molar-refractivity contribution < 1.29 is 9.59 Å². The molecule has 0 atom stereocenters. The number of carbonyl (C=O) groups is 2. The van der Waals surface area contributed by atoms with Crippen LogP contribution >= 0.6 is 15.9 Å². The third-order valence-corrected chi connectivity index (χ3v) is 4.68. The van der Waals surface area contributed by atoms with Gasteiger partial charge in [-0.05, 0) is 54.8 Å². The van der Waals surface area contributed by atoms with Crippen LogP contribution in [0.4, 0.5) is 16.2 Å². The lowest BCUT2D eigenvalue weighted by molar-refractivity contribution is -0.118. The van der Waals surface area contributed by atoms with Crippen LogP contribution < -0.4 is 16.0 Å². The molecule has 124 valence electrons. The predicted molar refractivity (Wildman–Crippen MR) is 98.2 cm³/mol. The molecule has 0 saturated heterocycles. The highest BCUT2D eigenvalue weighted by Gasteiger charge is 2.51. The molecule has 3 rings (SSSR count). The SMILES string of the molecule is CNC(=O)Nc1ccc(NC(=O)C2(c3cccc(Br)c3)CC2)cc1. The van der Waals surface area contributed by atoms with Crippen molar-refractivity contribution in [2.24, 2.45) is 0 Å². The van der Waals surface area contributed by atoms with Crippen molar-refractivity contribution >= 4 is 39.2 Å². The summed E-state index contributed by atoms with van der Waals surface area (Å²) >= 11 is 3.46. The lowest BCUT2D eigenvalue weighted by Gasteiger charge is -2.16. The van der Waals surface area contributed by atoms with Gasteiger partial charge in [0.25, 0.3) is 0 Å². The average molecular weight is 388 g/mol. The predicted octanol–water partition coefficient (Wildman–Crippen LogP) is 3.87. The Morgan fingerprint density at radius 3 is 2.17 bits per heavy atom. The van der Waals surface area contributed by atoms with Gasteiger partial charge in [-0.25, -0.2) is 4.79 Å². The topological polar surface area (TPSA) is 70.2 Å². The van der Waals surface area contributed by atoms with Crippen molar-refractivity contribution in [2.75, 3.05) is 17.7 Å². The first-order chi connectivity index (χ1) is 11.5. The van der Waals surface area contributed by atoms with E-state index in [0.29, 0.717) is 11.4 Å². The van der Waals surface area contributed by atoms with Crippen molar-refractivity contribution in [1.82, 2.24) is 5.32 Å². The number of hydrogen-bond donors (Lipinski definition) is 3. The molecular weight excluding hydrogens is 370 g/mol. The highest BCUT2D eigenvalue weighted by molar-refractivity contribution is 9.10. The molecule has 24 heavy (non-hydrogen) atoms. The molecule has 2 aromatic rings. The summed E-state index contributed by atoms with van der Waals surface area (Å²) in [6, 6.07) is 14.7. The van der Waals surface area contributed by atoms with Crippen molar-refractivity contribution in [3.05, 3.63) is 58.6 Å². The van der Waals surface area contributed by atoms with Gasteiger partial charge in [-0.15, -0.1) is 0 Å². The van der Waals surface area contributed by atoms with Gasteiger partial charge in [0.15, 0.2) is 0 Å². The molecule has 1 fully saturated rings. The second-order valence-electron chi connectivity index (χ2n) is 5.83. The largest absolute Gasteiger partial charge is 0.341 e. The molecule has 0 bridgehead atoms. The zero-order chi connectivity index (χ0) is 17.2.